The average molecular weight is 242 g/mol. The maximum Gasteiger partial charge on any atom is 0.194 e. The molecular formula is C12H17FNOS+. The molecule has 0 N–H and O–H groups in total. The summed E-state index contributed by atoms with van der Waals surface area (Å²) >= 11 is 0. The van der Waals surface area contributed by atoms with Crippen LogP contribution in [0.4, 0.5) is 4.39 Å². The van der Waals surface area contributed by atoms with E-state index in [-0.39, 0.29) is 10.6 Å². The summed E-state index contributed by atoms with van der Waals surface area (Å²) in [5, 5.41) is 0. The number of benzene rings is 1. The Bertz CT molecular complexity index is 435. The van der Waals surface area contributed by atoms with Crippen LogP contribution in [0.3, 0.4) is 0 Å². The number of halogens is 1. The van der Waals surface area contributed by atoms with Crippen LogP contribution >= 0.6 is 0 Å². The van der Waals surface area contributed by atoms with Gasteiger partial charge in [-0.3, -0.25) is 0 Å². The minimum atomic E-state index is -1.64. The van der Waals surface area contributed by atoms with Gasteiger partial charge in [0.2, 0.25) is 0 Å². The molecule has 2 nitrogen and oxygen atoms in total. The lowest BCUT2D eigenvalue weighted by molar-refractivity contribution is 0.576. The van der Waals surface area contributed by atoms with Gasteiger partial charge in [0, 0.05) is 0 Å². The molecule has 88 valence electrons. The first-order valence-corrected chi connectivity index (χ1v) is 6.29. The molecule has 0 aliphatic rings. The van der Waals surface area contributed by atoms with Crippen LogP contribution in [0.1, 0.15) is 31.9 Å². The Hall–Kier alpha value is -1.03. The van der Waals surface area contributed by atoms with Crippen LogP contribution in [0.15, 0.2) is 22.6 Å². The molecule has 16 heavy (non-hydrogen) atoms. The van der Waals surface area contributed by atoms with Gasteiger partial charge >= 0.3 is 0 Å². The van der Waals surface area contributed by atoms with Gasteiger partial charge in [0.25, 0.3) is 0 Å². The molecule has 1 aromatic carbocycles. The third-order valence-electron chi connectivity index (χ3n) is 2.07. The second kappa shape index (κ2) is 4.87. The monoisotopic (exact) mass is 242 g/mol. The van der Waals surface area contributed by atoms with E-state index in [2.05, 4.69) is 4.40 Å². The van der Waals surface area contributed by atoms with Crippen LogP contribution in [-0.4, -0.2) is 11.0 Å². The Labute approximate surface area is 98.2 Å². The molecule has 0 saturated carbocycles. The zero-order chi connectivity index (χ0) is 12.3. The van der Waals surface area contributed by atoms with Gasteiger partial charge in [-0.15, -0.1) is 0 Å². The van der Waals surface area contributed by atoms with Crippen molar-refractivity contribution < 1.29 is 8.60 Å². The first-order chi connectivity index (χ1) is 7.30. The van der Waals surface area contributed by atoms with Crippen molar-refractivity contribution in [3.05, 3.63) is 35.1 Å². The fraction of sp³-hybridized carbons (Fsp3) is 0.417. The van der Waals surface area contributed by atoms with Crippen molar-refractivity contribution in [3.63, 3.8) is 0 Å². The fourth-order valence-corrected chi connectivity index (χ4v) is 1.63. The summed E-state index contributed by atoms with van der Waals surface area (Å²) in [6, 6.07) is 4.70. The zero-order valence-corrected chi connectivity index (χ0v) is 10.9. The summed E-state index contributed by atoms with van der Waals surface area (Å²) in [4.78, 5) is 0. The topological polar surface area (TPSA) is 29.4 Å². The lowest BCUT2D eigenvalue weighted by Crippen LogP contribution is -2.19. The highest BCUT2D eigenvalue weighted by Gasteiger charge is 2.24. The van der Waals surface area contributed by atoms with Gasteiger partial charge in [0.1, 0.15) is 10.6 Å². The van der Waals surface area contributed by atoms with Gasteiger partial charge in [-0.1, -0.05) is 14.7 Å². The third kappa shape index (κ3) is 3.52. The molecule has 0 aliphatic heterocycles. The molecule has 0 aliphatic carbocycles. The molecule has 1 aromatic rings. The second-order valence-electron chi connectivity index (χ2n) is 4.70. The average Bonchev–Trinajstić information content (AvgIpc) is 2.18. The number of rotatable bonds is 2. The summed E-state index contributed by atoms with van der Waals surface area (Å²) in [7, 11) is -1.64. The maximum atomic E-state index is 13.0. The number of nitrogens with zero attached hydrogens (tertiary/aromatic N) is 1. The highest BCUT2D eigenvalue weighted by molar-refractivity contribution is 7.85. The minimum Gasteiger partial charge on any atom is -0.207 e. The van der Waals surface area contributed by atoms with E-state index in [0.717, 1.165) is 5.56 Å². The molecule has 0 aromatic heterocycles. The molecule has 0 fully saturated rings. The number of aryl methyl sites for hydroxylation is 1. The quantitative estimate of drug-likeness (QED) is 0.445. The molecule has 4 heteroatoms. The Morgan fingerprint density at radius 1 is 1.38 bits per heavy atom. The van der Waals surface area contributed by atoms with Crippen LogP contribution in [0, 0.1) is 12.7 Å². The Balaban J connectivity index is 2.85. The summed E-state index contributed by atoms with van der Waals surface area (Å²) in [6.45, 7) is 7.31. The summed E-state index contributed by atoms with van der Waals surface area (Å²) in [5.41, 5.74) is 1.33. The molecule has 0 radical (unpaired) electrons. The van der Waals surface area contributed by atoms with Gasteiger partial charge < -0.3 is 0 Å². The molecule has 0 amide bonds. The van der Waals surface area contributed by atoms with Crippen molar-refractivity contribution in [2.24, 2.45) is 4.40 Å². The number of thiol groups is 1. The van der Waals surface area contributed by atoms with Crippen molar-refractivity contribution >= 4 is 17.2 Å². The number of hydrogen-bond donors (Lipinski definition) is 0. The minimum absolute atomic E-state index is 0.239. The SMILES string of the molecule is Cc1cc(C=N[SH+](=O)C(C)(C)C)ccc1F. The van der Waals surface area contributed by atoms with Crippen molar-refractivity contribution in [1.29, 1.82) is 0 Å². The Kier molecular flexibility index (Phi) is 3.97. The normalized spacial score (nSPS) is 14.3. The van der Waals surface area contributed by atoms with Crippen LogP contribution < -0.4 is 0 Å². The Morgan fingerprint density at radius 3 is 2.50 bits per heavy atom. The molecular weight excluding hydrogens is 225 g/mol. The highest BCUT2D eigenvalue weighted by atomic mass is 32.2. The van der Waals surface area contributed by atoms with E-state index in [1.165, 1.54) is 12.3 Å². The zero-order valence-electron chi connectivity index (χ0n) is 9.99. The van der Waals surface area contributed by atoms with E-state index < -0.39 is 11.0 Å². The second-order valence-corrected chi connectivity index (χ2v) is 6.82. The van der Waals surface area contributed by atoms with Crippen LogP contribution in [0.25, 0.3) is 0 Å². The molecule has 1 atom stereocenters. The predicted octanol–water partition coefficient (Wildman–Crippen LogP) is 2.96. The smallest absolute Gasteiger partial charge is 0.194 e. The van der Waals surface area contributed by atoms with E-state index in [1.807, 2.05) is 20.8 Å². The van der Waals surface area contributed by atoms with Crippen LogP contribution in [0.2, 0.25) is 0 Å². The summed E-state index contributed by atoms with van der Waals surface area (Å²) in [6.07, 6.45) is 1.54. The fourth-order valence-electron chi connectivity index (χ4n) is 1.04. The van der Waals surface area contributed by atoms with Gasteiger partial charge in [-0.05, 0) is 51.0 Å². The molecule has 0 saturated heterocycles. The largest absolute Gasteiger partial charge is 0.207 e. The van der Waals surface area contributed by atoms with Gasteiger partial charge in [0.15, 0.2) is 11.0 Å². The van der Waals surface area contributed by atoms with Gasteiger partial charge in [-0.25, -0.2) is 4.39 Å². The van der Waals surface area contributed by atoms with Gasteiger partial charge in [0.05, 0.1) is 6.21 Å². The molecule has 1 rings (SSSR count). The van der Waals surface area contributed by atoms with Crippen molar-refractivity contribution in [1.82, 2.24) is 0 Å². The first-order valence-electron chi connectivity index (χ1n) is 5.08. The third-order valence-corrected chi connectivity index (χ3v) is 3.54. The van der Waals surface area contributed by atoms with E-state index in [0.29, 0.717) is 5.56 Å². The summed E-state index contributed by atoms with van der Waals surface area (Å²) < 4.78 is 28.3. The van der Waals surface area contributed by atoms with E-state index in [9.17, 15) is 8.60 Å². The van der Waals surface area contributed by atoms with Crippen LogP contribution in [-0.2, 0) is 15.2 Å². The summed E-state index contributed by atoms with van der Waals surface area (Å²) in [5.74, 6) is -0.239. The van der Waals surface area contributed by atoms with Crippen molar-refractivity contribution in [3.8, 4) is 0 Å². The molecule has 0 heterocycles. The predicted molar refractivity (Wildman–Crippen MR) is 67.9 cm³/mol. The molecule has 0 spiro atoms. The lowest BCUT2D eigenvalue weighted by atomic mass is 10.1. The lowest BCUT2D eigenvalue weighted by Gasteiger charge is -2.06. The van der Waals surface area contributed by atoms with Crippen molar-refractivity contribution in [2.75, 3.05) is 0 Å². The standard InChI is InChI=1S/C12H16FNOS/c1-9-7-10(5-6-11(9)13)8-14-16(15)12(2,3)4/h5-8H,1-4H3/p+1. The Morgan fingerprint density at radius 2 is 2.00 bits per heavy atom. The highest BCUT2D eigenvalue weighted by Crippen LogP contribution is 2.13. The van der Waals surface area contributed by atoms with E-state index in [1.54, 1.807) is 19.1 Å². The first kappa shape index (κ1) is 13.0. The molecule has 1 unspecified atom stereocenters. The number of hydrogen-bond acceptors (Lipinski definition) is 1. The van der Waals surface area contributed by atoms with Crippen LogP contribution in [0.5, 0.6) is 0 Å². The van der Waals surface area contributed by atoms with E-state index >= 15 is 0 Å². The molecule has 0 bridgehead atoms. The maximum absolute atomic E-state index is 13.0. The van der Waals surface area contributed by atoms with E-state index in [4.69, 9.17) is 0 Å². The van der Waals surface area contributed by atoms with Gasteiger partial charge in [-0.2, -0.15) is 0 Å². The van der Waals surface area contributed by atoms with Crippen molar-refractivity contribution in [2.45, 2.75) is 32.4 Å².